The number of β-amino-alcohol motifs (C(OH)–C–C–N with tert-alkyl or cyclic N) is 1. The summed E-state index contributed by atoms with van der Waals surface area (Å²) in [6, 6.07) is 2.53. The second-order valence-corrected chi connectivity index (χ2v) is 18.0. The van der Waals surface area contributed by atoms with Crippen LogP contribution in [0.4, 0.5) is 19.6 Å². The van der Waals surface area contributed by atoms with Gasteiger partial charge in [-0.2, -0.15) is 15.2 Å². The van der Waals surface area contributed by atoms with E-state index in [0.717, 1.165) is 93.8 Å². The first kappa shape index (κ1) is 40.1. The van der Waals surface area contributed by atoms with E-state index in [9.17, 15) is 10.4 Å². The summed E-state index contributed by atoms with van der Waals surface area (Å²) in [6.45, 7) is 12.7. The monoisotopic (exact) mass is 803 g/mol. The number of ether oxygens (including phenoxy) is 3. The largest absolute Gasteiger partial charge is 0.463 e. The Labute approximate surface area is 338 Å². The summed E-state index contributed by atoms with van der Waals surface area (Å²) in [5.41, 5.74) is 9.77. The number of aromatic nitrogens is 2. The molecule has 2 bridgehead atoms. The van der Waals surface area contributed by atoms with E-state index in [-0.39, 0.29) is 69.3 Å². The number of nitrogens with two attached hydrogens (primary N) is 1. The minimum absolute atomic E-state index is 0.0546. The Kier molecular flexibility index (Phi) is 11.4. The molecule has 14 heteroatoms. The van der Waals surface area contributed by atoms with E-state index in [1.165, 1.54) is 6.08 Å². The number of likely N-dealkylation sites (tertiary alicyclic amines) is 1. The van der Waals surface area contributed by atoms with Gasteiger partial charge in [0.05, 0.1) is 47.9 Å². The van der Waals surface area contributed by atoms with Gasteiger partial charge in [0.2, 0.25) is 0 Å². The highest BCUT2D eigenvalue weighted by molar-refractivity contribution is 7.17. The van der Waals surface area contributed by atoms with E-state index in [0.29, 0.717) is 47.5 Å². The summed E-state index contributed by atoms with van der Waals surface area (Å²) < 4.78 is 52.4. The van der Waals surface area contributed by atoms with E-state index < -0.39 is 17.7 Å². The lowest BCUT2D eigenvalue weighted by molar-refractivity contribution is 0.0698. The molecule has 0 spiro atoms. The zero-order chi connectivity index (χ0) is 40.2. The Morgan fingerprint density at radius 2 is 1.93 bits per heavy atom. The molecule has 8 rings (SSSR count). The molecule has 2 aromatic heterocycles. The van der Waals surface area contributed by atoms with Crippen LogP contribution in [0.15, 0.2) is 11.6 Å². The highest BCUT2D eigenvalue weighted by atomic mass is 32.1. The molecule has 4 aliphatic heterocycles. The average molecular weight is 804 g/mol. The maximum atomic E-state index is 18.1. The molecule has 1 aromatic carbocycles. The molecule has 4 atom stereocenters. The zero-order valence-corrected chi connectivity index (χ0v) is 34.6. The lowest BCUT2D eigenvalue weighted by Gasteiger charge is -2.42. The summed E-state index contributed by atoms with van der Waals surface area (Å²) >= 11 is 0.996. The van der Waals surface area contributed by atoms with Crippen LogP contribution in [0, 0.1) is 22.6 Å². The Balaban J connectivity index is 1.27. The number of fused-ring (bicyclic) bond motifs is 5. The van der Waals surface area contributed by atoms with Crippen molar-refractivity contribution in [3.63, 3.8) is 0 Å². The molecule has 57 heavy (non-hydrogen) atoms. The van der Waals surface area contributed by atoms with Crippen molar-refractivity contribution in [2.24, 2.45) is 5.41 Å². The van der Waals surface area contributed by atoms with Crippen molar-refractivity contribution in [3.05, 3.63) is 50.2 Å². The normalized spacial score (nSPS) is 24.0. The minimum atomic E-state index is -0.580. The van der Waals surface area contributed by atoms with Crippen LogP contribution in [0.1, 0.15) is 105 Å². The van der Waals surface area contributed by atoms with Crippen LogP contribution in [0.3, 0.4) is 0 Å². The Morgan fingerprint density at radius 1 is 1.19 bits per heavy atom. The van der Waals surface area contributed by atoms with E-state index in [4.69, 9.17) is 29.9 Å². The van der Waals surface area contributed by atoms with Crippen molar-refractivity contribution < 1.29 is 28.1 Å². The first-order valence-corrected chi connectivity index (χ1v) is 21.4. The molecular formula is C43H55F2N7O4S. The van der Waals surface area contributed by atoms with Crippen LogP contribution >= 0.6 is 11.3 Å². The fourth-order valence-electron chi connectivity index (χ4n) is 9.70. The Morgan fingerprint density at radius 3 is 2.56 bits per heavy atom. The number of nitrogens with zero attached hydrogens (tertiary/aromatic N) is 6. The summed E-state index contributed by atoms with van der Waals surface area (Å²) in [7, 11) is 2.13. The van der Waals surface area contributed by atoms with Crippen LogP contribution < -0.4 is 15.4 Å². The van der Waals surface area contributed by atoms with Gasteiger partial charge in [0.1, 0.15) is 28.2 Å². The van der Waals surface area contributed by atoms with Crippen LogP contribution in [0.25, 0.3) is 22.3 Å². The smallest absolute Gasteiger partial charge is 0.319 e. The van der Waals surface area contributed by atoms with Crippen LogP contribution in [0.2, 0.25) is 0 Å². The number of nitriles is 1. The second-order valence-electron chi connectivity index (χ2n) is 17.0. The number of anilines is 2. The molecule has 3 N–H and O–H groups in total. The summed E-state index contributed by atoms with van der Waals surface area (Å²) in [5, 5.41) is 21.4. The molecule has 5 aliphatic rings. The van der Waals surface area contributed by atoms with Gasteiger partial charge in [-0.1, -0.05) is 18.6 Å². The number of aliphatic hydroxyl groups is 1. The third-order valence-electron chi connectivity index (χ3n) is 12.7. The minimum Gasteiger partial charge on any atom is -0.463 e. The molecule has 306 valence electrons. The summed E-state index contributed by atoms with van der Waals surface area (Å²) in [6.07, 6.45) is 7.77. The number of likely N-dealkylation sites (N-methyl/N-ethyl adjacent to an activating group) is 1. The lowest BCUT2D eigenvalue weighted by atomic mass is 9.84. The molecule has 0 radical (unpaired) electrons. The molecule has 0 amide bonds. The topological polar surface area (TPSA) is 133 Å². The first-order valence-electron chi connectivity index (χ1n) is 20.5. The standard InChI is InChI=1S/C43H55F2N7O4S/c1-6-24(3)33(35-29(15-46)40(47)57-39(35)32(44)7-2)34-30-20-54-21-31(30)36-38(37(34)45)48-42(56-23-43(12-13-43)22-50(5)19-28-9-8-14-55-28)49-41(36)52-26-10-11-27(52)18-51(17-26)16-25(4)53/h7,25-28,53H,6,8-14,16-23,47H2,1-5H3/b32-7+,33-24?. The molecule has 4 unspecified atom stereocenters. The van der Waals surface area contributed by atoms with E-state index in [1.54, 1.807) is 6.92 Å². The van der Waals surface area contributed by atoms with Gasteiger partial charge in [-0.15, -0.1) is 11.3 Å². The number of nitrogen functional groups attached to an aromatic ring is 1. The van der Waals surface area contributed by atoms with Crippen molar-refractivity contribution in [2.75, 3.05) is 63.6 Å². The van der Waals surface area contributed by atoms with E-state index in [2.05, 4.69) is 27.8 Å². The first-order chi connectivity index (χ1) is 27.4. The SMILES string of the molecule is C/C=C(/F)c1sc(N)c(C#N)c1C(=C(C)CC)c1c2c(c3c(N4C5CCC4CN(CC(C)O)C5)nc(OCC4(CN(C)CC5CCCO5)CC4)nc3c1F)COC2. The molecule has 3 saturated heterocycles. The van der Waals surface area contributed by atoms with E-state index >= 15 is 8.78 Å². The number of aliphatic hydroxyl groups excluding tert-OH is 1. The van der Waals surface area contributed by atoms with Gasteiger partial charge in [0.25, 0.3) is 0 Å². The second kappa shape index (κ2) is 16.2. The molecule has 1 aliphatic carbocycles. The third-order valence-corrected chi connectivity index (χ3v) is 13.7. The van der Waals surface area contributed by atoms with Gasteiger partial charge in [0, 0.05) is 68.0 Å². The average Bonchev–Trinajstić information content (AvgIpc) is 3.57. The van der Waals surface area contributed by atoms with Gasteiger partial charge >= 0.3 is 6.01 Å². The number of thiophene rings is 1. The lowest BCUT2D eigenvalue weighted by Crippen LogP contribution is -2.55. The number of piperazine rings is 1. The van der Waals surface area contributed by atoms with Crippen molar-refractivity contribution in [1.82, 2.24) is 19.8 Å². The Hall–Kier alpha value is -3.71. The predicted molar refractivity (Wildman–Crippen MR) is 219 cm³/mol. The number of allylic oxidation sites excluding steroid dienone is 2. The molecule has 11 nitrogen and oxygen atoms in total. The molecule has 3 aromatic rings. The van der Waals surface area contributed by atoms with Gasteiger partial charge in [0.15, 0.2) is 5.82 Å². The number of hydrogen-bond donors (Lipinski definition) is 2. The van der Waals surface area contributed by atoms with Crippen molar-refractivity contribution in [3.8, 4) is 12.1 Å². The fraction of sp³-hybridized carbons (Fsp3) is 0.605. The van der Waals surface area contributed by atoms with Crippen molar-refractivity contribution in [1.29, 1.82) is 5.26 Å². The van der Waals surface area contributed by atoms with Crippen molar-refractivity contribution in [2.45, 2.75) is 110 Å². The highest BCUT2D eigenvalue weighted by Gasteiger charge is 2.46. The molecule has 1 saturated carbocycles. The van der Waals surface area contributed by atoms with Crippen LogP contribution in [-0.4, -0.2) is 102 Å². The summed E-state index contributed by atoms with van der Waals surface area (Å²) in [5.74, 6) is -0.467. The van der Waals surface area contributed by atoms with Crippen molar-refractivity contribution >= 4 is 44.5 Å². The van der Waals surface area contributed by atoms with Gasteiger partial charge < -0.3 is 34.9 Å². The zero-order valence-electron chi connectivity index (χ0n) is 33.8. The number of rotatable bonds is 14. The number of benzene rings is 1. The maximum absolute atomic E-state index is 18.1. The van der Waals surface area contributed by atoms with Crippen LogP contribution in [-0.2, 0) is 22.7 Å². The highest BCUT2D eigenvalue weighted by Crippen LogP contribution is 2.50. The number of hydrogen-bond acceptors (Lipinski definition) is 12. The fourth-order valence-corrected chi connectivity index (χ4v) is 10.7. The van der Waals surface area contributed by atoms with Crippen LogP contribution in [0.5, 0.6) is 6.01 Å². The molecular weight excluding hydrogens is 749 g/mol. The maximum Gasteiger partial charge on any atom is 0.319 e. The summed E-state index contributed by atoms with van der Waals surface area (Å²) in [4.78, 5) is 17.3. The van der Waals surface area contributed by atoms with Gasteiger partial charge in [-0.25, -0.2) is 8.78 Å². The van der Waals surface area contributed by atoms with E-state index in [1.807, 2.05) is 20.8 Å². The van der Waals surface area contributed by atoms with Gasteiger partial charge in [-0.05, 0) is 89.5 Å². The van der Waals surface area contributed by atoms with Gasteiger partial charge in [-0.3, -0.25) is 4.90 Å². The Bertz CT molecular complexity index is 2120. The predicted octanol–water partition coefficient (Wildman–Crippen LogP) is 7.18. The quantitative estimate of drug-likeness (QED) is 0.172. The number of halogens is 2. The third kappa shape index (κ3) is 7.56. The molecule has 6 heterocycles. The molecule has 4 fully saturated rings.